The first-order valence-electron chi connectivity index (χ1n) is 9.72. The van der Waals surface area contributed by atoms with Crippen LogP contribution in [0.5, 0.6) is 0 Å². The van der Waals surface area contributed by atoms with Gasteiger partial charge in [0.2, 0.25) is 5.91 Å². The maximum atomic E-state index is 13.5. The number of carbonyl (C=O) groups is 1. The molecule has 0 aliphatic rings. The highest BCUT2D eigenvalue weighted by Crippen LogP contribution is 2.28. The van der Waals surface area contributed by atoms with Gasteiger partial charge in [0.1, 0.15) is 11.6 Å². The largest absolute Gasteiger partial charge is 0.330 e. The Balaban J connectivity index is 0.00000225. The van der Waals surface area contributed by atoms with Crippen LogP contribution >= 0.6 is 24.8 Å². The van der Waals surface area contributed by atoms with Gasteiger partial charge in [-0.2, -0.15) is 0 Å². The van der Waals surface area contributed by atoms with E-state index in [9.17, 15) is 9.18 Å². The minimum atomic E-state index is -0.305. The molecule has 0 bridgehead atoms. The Hall–Kier alpha value is -2.15. The molecule has 0 fully saturated rings. The van der Waals surface area contributed by atoms with E-state index in [-0.39, 0.29) is 36.5 Å². The van der Waals surface area contributed by atoms with Gasteiger partial charge in [0.15, 0.2) is 0 Å². The minimum Gasteiger partial charge on any atom is -0.330 e. The van der Waals surface area contributed by atoms with Gasteiger partial charge in [0.25, 0.3) is 0 Å². The first-order valence-corrected chi connectivity index (χ1v) is 9.72. The number of aryl methyl sites for hydroxylation is 2. The molecule has 0 atom stereocenters. The summed E-state index contributed by atoms with van der Waals surface area (Å²) in [5.74, 6) is 0.443. The van der Waals surface area contributed by atoms with Crippen molar-refractivity contribution in [2.45, 2.75) is 39.0 Å². The highest BCUT2D eigenvalue weighted by atomic mass is 35.5. The topological polar surface area (TPSA) is 72.9 Å². The van der Waals surface area contributed by atoms with Gasteiger partial charge >= 0.3 is 0 Å². The zero-order chi connectivity index (χ0) is 20.1. The molecule has 1 heterocycles. The van der Waals surface area contributed by atoms with E-state index in [1.165, 1.54) is 12.1 Å². The average Bonchev–Trinajstić information content (AvgIpc) is 2.99. The number of nitrogens with one attached hydrogen (secondary N) is 1. The van der Waals surface area contributed by atoms with Gasteiger partial charge in [0.05, 0.1) is 11.0 Å². The van der Waals surface area contributed by atoms with Gasteiger partial charge in [0, 0.05) is 30.8 Å². The molecule has 30 heavy (non-hydrogen) atoms. The maximum Gasteiger partial charge on any atom is 0.224 e. The summed E-state index contributed by atoms with van der Waals surface area (Å²) in [6.07, 6.45) is 4.44. The molecular weight excluding hydrogens is 426 g/mol. The zero-order valence-electron chi connectivity index (χ0n) is 17.3. The first kappa shape index (κ1) is 25.9. The Labute approximate surface area is 189 Å². The van der Waals surface area contributed by atoms with Gasteiger partial charge in [-0.25, -0.2) is 9.37 Å². The molecule has 3 rings (SSSR count). The van der Waals surface area contributed by atoms with E-state index in [2.05, 4.69) is 10.3 Å². The fourth-order valence-electron chi connectivity index (χ4n) is 3.32. The fraction of sp³-hybridized carbons (Fsp3) is 0.364. The lowest BCUT2D eigenvalue weighted by Crippen LogP contribution is -2.12. The molecule has 0 radical (unpaired) electrons. The summed E-state index contributed by atoms with van der Waals surface area (Å²) in [7, 11) is 1.90. The van der Waals surface area contributed by atoms with E-state index in [4.69, 9.17) is 5.73 Å². The number of rotatable bonds is 8. The third kappa shape index (κ3) is 6.17. The van der Waals surface area contributed by atoms with Crippen molar-refractivity contribution in [1.29, 1.82) is 0 Å². The summed E-state index contributed by atoms with van der Waals surface area (Å²) >= 11 is 0. The fourth-order valence-corrected chi connectivity index (χ4v) is 3.32. The van der Waals surface area contributed by atoms with E-state index in [1.807, 2.05) is 36.7 Å². The number of anilines is 1. The third-order valence-corrected chi connectivity index (χ3v) is 4.97. The van der Waals surface area contributed by atoms with Crippen molar-refractivity contribution in [2.75, 3.05) is 11.9 Å². The van der Waals surface area contributed by atoms with Crippen molar-refractivity contribution in [2.24, 2.45) is 12.8 Å². The summed E-state index contributed by atoms with van der Waals surface area (Å²) in [4.78, 5) is 16.9. The van der Waals surface area contributed by atoms with Crippen LogP contribution in [0.25, 0.3) is 22.4 Å². The van der Waals surface area contributed by atoms with Gasteiger partial charge in [-0.15, -0.1) is 24.8 Å². The van der Waals surface area contributed by atoms with Crippen LogP contribution in [0.3, 0.4) is 0 Å². The summed E-state index contributed by atoms with van der Waals surface area (Å²) in [6.45, 7) is 2.66. The monoisotopic (exact) mass is 454 g/mol. The van der Waals surface area contributed by atoms with Crippen molar-refractivity contribution in [1.82, 2.24) is 9.55 Å². The molecule has 0 spiro atoms. The predicted octanol–water partition coefficient (Wildman–Crippen LogP) is 5.38. The number of nitrogens with two attached hydrogens (primary N) is 1. The number of nitrogens with zero attached hydrogens (tertiary/aromatic N) is 2. The number of halogens is 3. The summed E-state index contributed by atoms with van der Waals surface area (Å²) in [5, 5.41) is 3.01. The van der Waals surface area contributed by atoms with Crippen LogP contribution in [0.1, 0.15) is 37.7 Å². The number of hydrogen-bond acceptors (Lipinski definition) is 3. The molecule has 0 saturated heterocycles. The number of aromatic nitrogens is 2. The molecule has 1 amide bonds. The molecule has 164 valence electrons. The highest BCUT2D eigenvalue weighted by molar-refractivity contribution is 5.92. The summed E-state index contributed by atoms with van der Waals surface area (Å²) in [5.41, 5.74) is 9.61. The zero-order valence-corrected chi connectivity index (χ0v) is 18.9. The summed E-state index contributed by atoms with van der Waals surface area (Å²) in [6, 6.07) is 10.5. The smallest absolute Gasteiger partial charge is 0.224 e. The number of benzene rings is 2. The quantitative estimate of drug-likeness (QED) is 0.448. The molecule has 5 nitrogen and oxygen atoms in total. The highest BCUT2D eigenvalue weighted by Gasteiger charge is 2.13. The van der Waals surface area contributed by atoms with Gasteiger partial charge in [-0.05, 0) is 50.1 Å². The van der Waals surface area contributed by atoms with E-state index >= 15 is 0 Å². The van der Waals surface area contributed by atoms with Crippen molar-refractivity contribution in [3.05, 3.63) is 47.8 Å². The lowest BCUT2D eigenvalue weighted by Gasteiger charge is -2.11. The van der Waals surface area contributed by atoms with Crippen LogP contribution < -0.4 is 11.1 Å². The third-order valence-electron chi connectivity index (χ3n) is 4.97. The second kappa shape index (κ2) is 11.9. The Morgan fingerprint density at radius 3 is 2.57 bits per heavy atom. The lowest BCUT2D eigenvalue weighted by molar-refractivity contribution is -0.116. The van der Waals surface area contributed by atoms with Crippen LogP contribution in [0.2, 0.25) is 0 Å². The normalized spacial score (nSPS) is 10.4. The number of fused-ring (bicyclic) bond motifs is 1. The maximum absolute atomic E-state index is 13.5. The molecule has 0 saturated carbocycles. The Kier molecular flexibility index (Phi) is 10.3. The molecule has 1 aromatic heterocycles. The van der Waals surface area contributed by atoms with E-state index in [0.717, 1.165) is 53.8 Å². The van der Waals surface area contributed by atoms with Gasteiger partial charge in [-0.1, -0.05) is 25.0 Å². The standard InChI is InChI=1S/C22H27FN4O.2ClH/c1-15-8-9-16(13-18(15)25-21(28)7-5-3-4-6-12-24)22-26-19-14-17(23)10-11-20(19)27(22)2;;/h8-11,13-14H,3-7,12,24H2,1-2H3,(H,25,28);2*1H. The van der Waals surface area contributed by atoms with E-state index < -0.39 is 0 Å². The van der Waals surface area contributed by atoms with Crippen molar-refractivity contribution in [3.8, 4) is 11.4 Å². The number of unbranched alkanes of at least 4 members (excludes halogenated alkanes) is 3. The minimum absolute atomic E-state index is 0. The van der Waals surface area contributed by atoms with Crippen LogP contribution in [0.15, 0.2) is 36.4 Å². The molecule has 8 heteroatoms. The Bertz CT molecular complexity index is 991. The first-order chi connectivity index (χ1) is 13.5. The van der Waals surface area contributed by atoms with E-state index in [0.29, 0.717) is 18.5 Å². The Morgan fingerprint density at radius 1 is 1.10 bits per heavy atom. The van der Waals surface area contributed by atoms with Crippen LogP contribution in [0.4, 0.5) is 10.1 Å². The van der Waals surface area contributed by atoms with Crippen LogP contribution in [0, 0.1) is 12.7 Å². The van der Waals surface area contributed by atoms with Crippen molar-refractivity contribution >= 4 is 47.4 Å². The predicted molar refractivity (Wildman–Crippen MR) is 126 cm³/mol. The van der Waals surface area contributed by atoms with Gasteiger partial charge < -0.3 is 15.6 Å². The van der Waals surface area contributed by atoms with Crippen molar-refractivity contribution < 1.29 is 9.18 Å². The number of imidazole rings is 1. The molecule has 3 aromatic rings. The molecule has 0 unspecified atom stereocenters. The number of amides is 1. The molecule has 2 aromatic carbocycles. The lowest BCUT2D eigenvalue weighted by atomic mass is 10.1. The molecule has 0 aliphatic heterocycles. The molecular formula is C22H29Cl2FN4O. The summed E-state index contributed by atoms with van der Waals surface area (Å²) < 4.78 is 15.4. The van der Waals surface area contributed by atoms with Crippen molar-refractivity contribution in [3.63, 3.8) is 0 Å². The van der Waals surface area contributed by atoms with Crippen LogP contribution in [-0.2, 0) is 11.8 Å². The van der Waals surface area contributed by atoms with Gasteiger partial charge in [-0.3, -0.25) is 4.79 Å². The second-order valence-electron chi connectivity index (χ2n) is 7.16. The molecule has 0 aliphatic carbocycles. The second-order valence-corrected chi connectivity index (χ2v) is 7.16. The average molecular weight is 455 g/mol. The number of carbonyl (C=O) groups excluding carboxylic acids is 1. The molecule has 3 N–H and O–H groups in total. The van der Waals surface area contributed by atoms with Crippen LogP contribution in [-0.4, -0.2) is 22.0 Å². The SMILES string of the molecule is Cc1ccc(-c2nc3cc(F)ccc3n2C)cc1NC(=O)CCCCCCN.Cl.Cl. The number of hydrogen-bond donors (Lipinski definition) is 2. The Morgan fingerprint density at radius 2 is 1.83 bits per heavy atom. The van der Waals surface area contributed by atoms with E-state index in [1.54, 1.807) is 6.07 Å².